The molecule has 0 spiro atoms. The minimum atomic E-state index is -2.74. The number of nitrogens with one attached hydrogen (secondary N) is 2. The molecule has 0 saturated carbocycles. The topological polar surface area (TPSA) is 211 Å². The van der Waals surface area contributed by atoms with Gasteiger partial charge in [-0.15, -0.1) is 0 Å². The first-order valence-electron chi connectivity index (χ1n) is 12.9. The van der Waals surface area contributed by atoms with Gasteiger partial charge < -0.3 is 40.4 Å². The van der Waals surface area contributed by atoms with Crippen molar-refractivity contribution in [1.82, 2.24) is 14.3 Å². The first kappa shape index (κ1) is 31.5. The van der Waals surface area contributed by atoms with E-state index in [4.69, 9.17) is 25.4 Å². The number of amides is 2. The molecule has 0 aliphatic carbocycles. The number of Topliss-reactive ketones (excluding diaryl/α,β-unsaturated/α-hetero) is 1. The molecule has 1 saturated heterocycles. The molecule has 3 aromatic rings. The van der Waals surface area contributed by atoms with Crippen molar-refractivity contribution in [2.45, 2.75) is 52.7 Å². The maximum Gasteiger partial charge on any atom is 0.336 e. The number of aryl methyl sites for hydroxylation is 4. The standard InChI is InChI=1S/C22H25N5O2.C6H8O7/c1-13-6-5-7-14(2)19(13)9-23-20-8-17(25-22(29)26-11-18(28)12-26)10-27-16(4)15(3)24-21(20)27;7-3(8)1-6(13,5(11)12)2-4(9)10/h5-8,10,23H,9,11-12H2,1-4H3,(H,25,29);13H,1-2H2,(H,7,8)(H,9,10)(H,11,12). The minimum Gasteiger partial charge on any atom is -0.481 e. The Labute approximate surface area is 240 Å². The van der Waals surface area contributed by atoms with Crippen LogP contribution in [0.5, 0.6) is 0 Å². The van der Waals surface area contributed by atoms with Crippen LogP contribution in [0.15, 0.2) is 30.5 Å². The number of rotatable bonds is 9. The highest BCUT2D eigenvalue weighted by Crippen LogP contribution is 2.26. The van der Waals surface area contributed by atoms with Crippen molar-refractivity contribution in [2.75, 3.05) is 23.7 Å². The second-order valence-electron chi connectivity index (χ2n) is 10.1. The number of aliphatic hydroxyl groups is 1. The number of benzene rings is 1. The molecule has 1 fully saturated rings. The van der Waals surface area contributed by atoms with E-state index in [1.54, 1.807) is 0 Å². The van der Waals surface area contributed by atoms with Gasteiger partial charge in [-0.25, -0.2) is 14.6 Å². The summed E-state index contributed by atoms with van der Waals surface area (Å²) in [6.07, 6.45) is -0.419. The van der Waals surface area contributed by atoms with Gasteiger partial charge in [-0.2, -0.15) is 0 Å². The Morgan fingerprint density at radius 2 is 1.55 bits per heavy atom. The average Bonchev–Trinajstić information content (AvgIpc) is 3.14. The third-order valence-corrected chi connectivity index (χ3v) is 6.85. The molecule has 1 aromatic carbocycles. The van der Waals surface area contributed by atoms with Crippen LogP contribution in [0.25, 0.3) is 5.65 Å². The number of pyridine rings is 1. The van der Waals surface area contributed by atoms with Gasteiger partial charge in [0.2, 0.25) is 0 Å². The van der Waals surface area contributed by atoms with E-state index in [2.05, 4.69) is 42.7 Å². The van der Waals surface area contributed by atoms with E-state index in [0.29, 0.717) is 12.2 Å². The van der Waals surface area contributed by atoms with Crippen LogP contribution < -0.4 is 10.6 Å². The molecule has 14 nitrogen and oxygen atoms in total. The number of ketones is 1. The summed E-state index contributed by atoms with van der Waals surface area (Å²) in [5.74, 6) is -4.94. The lowest BCUT2D eigenvalue weighted by atomic mass is 9.96. The number of carbonyl (C=O) groups excluding carboxylic acids is 2. The van der Waals surface area contributed by atoms with Gasteiger partial charge in [-0.05, 0) is 50.5 Å². The quantitative estimate of drug-likeness (QED) is 0.215. The van der Waals surface area contributed by atoms with Crippen LogP contribution in [0, 0.1) is 27.7 Å². The molecule has 2 aromatic heterocycles. The molecule has 14 heteroatoms. The molecular weight excluding hydrogens is 550 g/mol. The lowest BCUT2D eigenvalue weighted by Crippen LogP contribution is -2.52. The number of carboxylic acid groups (broad SMARTS) is 3. The zero-order chi connectivity index (χ0) is 31.4. The molecule has 1 aliphatic heterocycles. The zero-order valence-corrected chi connectivity index (χ0v) is 23.6. The number of fused-ring (bicyclic) bond motifs is 1. The first-order chi connectivity index (χ1) is 19.6. The van der Waals surface area contributed by atoms with Crippen molar-refractivity contribution in [3.8, 4) is 0 Å². The number of aliphatic carboxylic acids is 3. The fourth-order valence-electron chi connectivity index (χ4n) is 4.32. The Morgan fingerprint density at radius 3 is 2.05 bits per heavy atom. The van der Waals surface area contributed by atoms with Crippen molar-refractivity contribution in [3.05, 3.63) is 58.5 Å². The molecule has 224 valence electrons. The monoisotopic (exact) mass is 583 g/mol. The highest BCUT2D eigenvalue weighted by Gasteiger charge is 2.40. The summed E-state index contributed by atoms with van der Waals surface area (Å²) in [7, 11) is 0. The number of carboxylic acids is 3. The van der Waals surface area contributed by atoms with Gasteiger partial charge in [-0.1, -0.05) is 18.2 Å². The SMILES string of the molecule is Cc1cccc(C)c1CNc1cc(NC(=O)N2CC(=O)C2)cn2c(C)c(C)nc12.O=C(O)CC(O)(CC(=O)O)C(=O)O. The van der Waals surface area contributed by atoms with Crippen LogP contribution in [0.4, 0.5) is 16.2 Å². The Kier molecular flexibility index (Phi) is 9.53. The third-order valence-electron chi connectivity index (χ3n) is 6.85. The van der Waals surface area contributed by atoms with Crippen molar-refractivity contribution < 1.29 is 44.4 Å². The normalized spacial score (nSPS) is 12.7. The van der Waals surface area contributed by atoms with Gasteiger partial charge in [0.25, 0.3) is 0 Å². The second-order valence-corrected chi connectivity index (χ2v) is 10.1. The smallest absolute Gasteiger partial charge is 0.336 e. The summed E-state index contributed by atoms with van der Waals surface area (Å²) in [4.78, 5) is 60.2. The first-order valence-corrected chi connectivity index (χ1v) is 12.9. The molecule has 2 amide bonds. The highest BCUT2D eigenvalue weighted by atomic mass is 16.4. The van der Waals surface area contributed by atoms with E-state index < -0.39 is 36.4 Å². The van der Waals surface area contributed by atoms with E-state index in [0.717, 1.165) is 22.7 Å². The number of aromatic nitrogens is 2. The molecule has 0 radical (unpaired) electrons. The number of hydrogen-bond acceptors (Lipinski definition) is 8. The van der Waals surface area contributed by atoms with E-state index in [9.17, 15) is 24.0 Å². The van der Waals surface area contributed by atoms with Crippen LogP contribution in [0.2, 0.25) is 0 Å². The summed E-state index contributed by atoms with van der Waals surface area (Å²) < 4.78 is 1.99. The molecule has 1 aliphatic rings. The number of carbonyl (C=O) groups is 5. The van der Waals surface area contributed by atoms with Crippen molar-refractivity contribution in [2.24, 2.45) is 0 Å². The summed E-state index contributed by atoms with van der Waals surface area (Å²) in [6.45, 7) is 9.20. The van der Waals surface area contributed by atoms with Crippen molar-refractivity contribution >= 4 is 46.7 Å². The predicted octanol–water partition coefficient (Wildman–Crippen LogP) is 2.35. The van der Waals surface area contributed by atoms with Crippen LogP contribution in [0.1, 0.15) is 40.9 Å². The molecular formula is C28H33N5O9. The Bertz CT molecular complexity index is 1520. The number of anilines is 2. The van der Waals surface area contributed by atoms with Crippen molar-refractivity contribution in [3.63, 3.8) is 0 Å². The maximum atomic E-state index is 12.4. The molecule has 0 atom stereocenters. The number of hydrogen-bond donors (Lipinski definition) is 6. The van der Waals surface area contributed by atoms with Crippen molar-refractivity contribution in [1.29, 1.82) is 0 Å². The zero-order valence-electron chi connectivity index (χ0n) is 23.6. The predicted molar refractivity (Wildman–Crippen MR) is 151 cm³/mol. The largest absolute Gasteiger partial charge is 0.481 e. The maximum absolute atomic E-state index is 12.4. The Balaban J connectivity index is 0.000000316. The van der Waals surface area contributed by atoms with Crippen LogP contribution in [0.3, 0.4) is 0 Å². The fraction of sp³-hybridized carbons (Fsp3) is 0.357. The van der Waals surface area contributed by atoms with Crippen LogP contribution in [-0.4, -0.2) is 83.1 Å². The number of likely N-dealkylation sites (tertiary alicyclic amines) is 1. The fourth-order valence-corrected chi connectivity index (χ4v) is 4.32. The lowest BCUT2D eigenvalue weighted by Gasteiger charge is -2.29. The van der Waals surface area contributed by atoms with Gasteiger partial charge in [0.05, 0.1) is 43.0 Å². The minimum absolute atomic E-state index is 0.0765. The van der Waals surface area contributed by atoms with Gasteiger partial charge in [0, 0.05) is 18.4 Å². The molecule has 4 rings (SSSR count). The van der Waals surface area contributed by atoms with E-state index in [1.165, 1.54) is 21.6 Å². The molecule has 0 bridgehead atoms. The Morgan fingerprint density at radius 1 is 0.976 bits per heavy atom. The summed E-state index contributed by atoms with van der Waals surface area (Å²) in [5, 5.41) is 40.2. The Hall–Kier alpha value is -4.98. The van der Waals surface area contributed by atoms with E-state index in [-0.39, 0.29) is 24.9 Å². The number of imidazole rings is 1. The van der Waals surface area contributed by atoms with Crippen LogP contribution in [-0.2, 0) is 25.7 Å². The van der Waals surface area contributed by atoms with E-state index in [1.807, 2.05) is 30.5 Å². The molecule has 42 heavy (non-hydrogen) atoms. The number of urea groups is 1. The summed E-state index contributed by atoms with van der Waals surface area (Å²) in [6, 6.07) is 7.90. The van der Waals surface area contributed by atoms with Gasteiger partial charge in [0.1, 0.15) is 0 Å². The third kappa shape index (κ3) is 7.40. The molecule has 0 unspecified atom stereocenters. The van der Waals surface area contributed by atoms with Gasteiger partial charge in [-0.3, -0.25) is 14.4 Å². The second kappa shape index (κ2) is 12.7. The summed E-state index contributed by atoms with van der Waals surface area (Å²) >= 11 is 0. The van der Waals surface area contributed by atoms with Gasteiger partial charge in [0.15, 0.2) is 17.0 Å². The average molecular weight is 584 g/mol. The molecule has 6 N–H and O–H groups in total. The van der Waals surface area contributed by atoms with E-state index >= 15 is 0 Å². The number of nitrogens with zero attached hydrogens (tertiary/aromatic N) is 3. The highest BCUT2D eigenvalue weighted by molar-refractivity contribution is 6.00. The molecule has 3 heterocycles. The summed E-state index contributed by atoms with van der Waals surface area (Å²) in [5.41, 5.74) is 5.27. The lowest BCUT2D eigenvalue weighted by molar-refractivity contribution is -0.170. The van der Waals surface area contributed by atoms with Gasteiger partial charge >= 0.3 is 23.9 Å². The van der Waals surface area contributed by atoms with Crippen LogP contribution >= 0.6 is 0 Å².